The second kappa shape index (κ2) is 13.3. The van der Waals surface area contributed by atoms with Crippen LogP contribution < -0.4 is 20.7 Å². The number of aromatic nitrogens is 2. The number of rotatable bonds is 9. The summed E-state index contributed by atoms with van der Waals surface area (Å²) < 4.78 is 41.2. The van der Waals surface area contributed by atoms with Crippen molar-refractivity contribution < 1.29 is 32.9 Å². The van der Waals surface area contributed by atoms with Crippen LogP contribution in [0.25, 0.3) is 0 Å². The Kier molecular flexibility index (Phi) is 10.00. The number of phenols is 1. The second-order valence-corrected chi connectivity index (χ2v) is 10.5. The fourth-order valence-electron chi connectivity index (χ4n) is 5.47. The summed E-state index contributed by atoms with van der Waals surface area (Å²) in [6.07, 6.45) is -2.08. The van der Waals surface area contributed by atoms with E-state index in [1.807, 2.05) is 4.90 Å². The largest absolute Gasteiger partial charge is 0.573 e. The molecule has 2 aliphatic heterocycles. The number of ether oxygens (including phenoxy) is 1. The number of nitrogens with two attached hydrogens (primary N) is 1. The van der Waals surface area contributed by atoms with E-state index in [4.69, 9.17) is 22.4 Å². The lowest BCUT2D eigenvalue weighted by Crippen LogP contribution is -2.58. The SMILES string of the molecule is CC[C@H]1CN(c2nc(N)c(C(=O)NCCO)nc2Cl)CCN1C1CCN(Cc2ccc(OC(F)(F)F)cc2O)CC1. The van der Waals surface area contributed by atoms with Gasteiger partial charge in [0.05, 0.1) is 6.61 Å². The molecule has 2 saturated heterocycles. The molecule has 0 saturated carbocycles. The highest BCUT2D eigenvalue weighted by Gasteiger charge is 2.35. The van der Waals surface area contributed by atoms with E-state index < -0.39 is 18.0 Å². The lowest BCUT2D eigenvalue weighted by molar-refractivity contribution is -0.274. The highest BCUT2D eigenvalue weighted by Crippen LogP contribution is 2.32. The van der Waals surface area contributed by atoms with Crippen molar-refractivity contribution in [2.24, 2.45) is 0 Å². The van der Waals surface area contributed by atoms with E-state index in [9.17, 15) is 23.1 Å². The molecule has 226 valence electrons. The summed E-state index contributed by atoms with van der Waals surface area (Å²) in [5.41, 5.74) is 6.49. The van der Waals surface area contributed by atoms with Crippen LogP contribution >= 0.6 is 11.6 Å². The number of aliphatic hydroxyl groups is 1. The van der Waals surface area contributed by atoms with Crippen molar-refractivity contribution in [3.05, 3.63) is 34.6 Å². The zero-order valence-electron chi connectivity index (χ0n) is 22.7. The highest BCUT2D eigenvalue weighted by atomic mass is 35.5. The third-order valence-corrected chi connectivity index (χ3v) is 7.74. The molecule has 4 rings (SSSR count). The van der Waals surface area contributed by atoms with Crippen LogP contribution in [0.1, 0.15) is 42.2 Å². The van der Waals surface area contributed by atoms with Crippen LogP contribution in [0.3, 0.4) is 0 Å². The van der Waals surface area contributed by atoms with Crippen LogP contribution in [0, 0.1) is 0 Å². The number of alkyl halides is 3. The van der Waals surface area contributed by atoms with Crippen molar-refractivity contribution in [3.8, 4) is 11.5 Å². The molecule has 2 aromatic rings. The summed E-state index contributed by atoms with van der Waals surface area (Å²) in [5, 5.41) is 21.7. The average Bonchev–Trinajstić information content (AvgIpc) is 2.93. The second-order valence-electron chi connectivity index (χ2n) is 10.1. The van der Waals surface area contributed by atoms with Crippen LogP contribution in [-0.4, -0.2) is 100 Å². The molecule has 0 spiro atoms. The maximum atomic E-state index is 12.5. The van der Waals surface area contributed by atoms with E-state index >= 15 is 0 Å². The predicted molar refractivity (Wildman–Crippen MR) is 147 cm³/mol. The van der Waals surface area contributed by atoms with Crippen molar-refractivity contribution >= 4 is 29.1 Å². The van der Waals surface area contributed by atoms with Crippen molar-refractivity contribution in [3.63, 3.8) is 0 Å². The van der Waals surface area contributed by atoms with E-state index in [-0.39, 0.29) is 41.6 Å². The first-order valence-corrected chi connectivity index (χ1v) is 13.9. The van der Waals surface area contributed by atoms with Crippen LogP contribution in [0.4, 0.5) is 24.8 Å². The van der Waals surface area contributed by atoms with Crippen LogP contribution in [-0.2, 0) is 6.54 Å². The number of carbonyl (C=O) groups is 1. The summed E-state index contributed by atoms with van der Waals surface area (Å²) in [6.45, 7) is 6.08. The Morgan fingerprint density at radius 1 is 1.22 bits per heavy atom. The lowest BCUT2D eigenvalue weighted by atomic mass is 9.97. The van der Waals surface area contributed by atoms with Gasteiger partial charge in [0.2, 0.25) is 0 Å². The van der Waals surface area contributed by atoms with Gasteiger partial charge >= 0.3 is 6.36 Å². The van der Waals surface area contributed by atoms with Crippen molar-refractivity contribution in [1.29, 1.82) is 0 Å². The number of carbonyl (C=O) groups excluding carboxylic acids is 1. The van der Waals surface area contributed by atoms with Gasteiger partial charge in [0.25, 0.3) is 5.91 Å². The normalized spacial score (nSPS) is 19.4. The first-order chi connectivity index (χ1) is 19.5. The Bertz CT molecular complexity index is 1210. The Morgan fingerprint density at radius 2 is 1.95 bits per heavy atom. The van der Waals surface area contributed by atoms with Gasteiger partial charge in [-0.25, -0.2) is 9.97 Å². The molecule has 1 aromatic heterocycles. The molecular formula is C26H35ClF3N7O4. The monoisotopic (exact) mass is 601 g/mol. The molecule has 5 N–H and O–H groups in total. The van der Waals surface area contributed by atoms with Crippen molar-refractivity contribution in [1.82, 2.24) is 25.1 Å². The summed E-state index contributed by atoms with van der Waals surface area (Å²) in [5.74, 6) is -0.824. The van der Waals surface area contributed by atoms with Gasteiger partial charge in [-0.2, -0.15) is 0 Å². The van der Waals surface area contributed by atoms with Crippen LogP contribution in [0.15, 0.2) is 18.2 Å². The summed E-state index contributed by atoms with van der Waals surface area (Å²) in [6, 6.07) is 4.26. The number of aliphatic hydroxyl groups excluding tert-OH is 1. The summed E-state index contributed by atoms with van der Waals surface area (Å²) >= 11 is 6.43. The number of hydrogen-bond acceptors (Lipinski definition) is 10. The number of hydrogen-bond donors (Lipinski definition) is 4. The van der Waals surface area contributed by atoms with E-state index in [0.29, 0.717) is 37.1 Å². The minimum atomic E-state index is -4.81. The lowest BCUT2D eigenvalue weighted by Gasteiger charge is -2.47. The Labute approximate surface area is 241 Å². The molecule has 0 aliphatic carbocycles. The van der Waals surface area contributed by atoms with Gasteiger partial charge in [-0.15, -0.1) is 13.2 Å². The van der Waals surface area contributed by atoms with Gasteiger partial charge in [0, 0.05) is 56.4 Å². The number of likely N-dealkylation sites (tertiary alicyclic amines) is 1. The maximum Gasteiger partial charge on any atom is 0.573 e. The first-order valence-electron chi connectivity index (χ1n) is 13.5. The number of piperidine rings is 1. The zero-order chi connectivity index (χ0) is 29.7. The molecule has 0 radical (unpaired) electrons. The van der Waals surface area contributed by atoms with Gasteiger partial charge in [0.1, 0.15) is 11.5 Å². The molecule has 3 heterocycles. The number of phenolic OH excluding ortho intramolecular Hbond substituents is 1. The number of nitrogens with one attached hydrogen (secondary N) is 1. The van der Waals surface area contributed by atoms with Gasteiger partial charge in [-0.3, -0.25) is 14.6 Å². The fraction of sp³-hybridized carbons (Fsp3) is 0.577. The summed E-state index contributed by atoms with van der Waals surface area (Å²) in [7, 11) is 0. The molecular weight excluding hydrogens is 567 g/mol. The van der Waals surface area contributed by atoms with Gasteiger partial charge < -0.3 is 30.9 Å². The fourth-order valence-corrected chi connectivity index (χ4v) is 5.72. The van der Waals surface area contributed by atoms with Gasteiger partial charge in [-0.05, 0) is 38.4 Å². The molecule has 1 atom stereocenters. The van der Waals surface area contributed by atoms with E-state index in [1.165, 1.54) is 12.1 Å². The molecule has 0 unspecified atom stereocenters. The smallest absolute Gasteiger partial charge is 0.507 e. The van der Waals surface area contributed by atoms with E-state index in [0.717, 1.165) is 45.0 Å². The van der Waals surface area contributed by atoms with Crippen LogP contribution in [0.5, 0.6) is 11.5 Å². The molecule has 41 heavy (non-hydrogen) atoms. The minimum absolute atomic E-state index is 0.0313. The molecule has 1 aromatic carbocycles. The Hall–Kier alpha value is -3.07. The topological polar surface area (TPSA) is 140 Å². The van der Waals surface area contributed by atoms with Crippen LogP contribution in [0.2, 0.25) is 5.15 Å². The maximum absolute atomic E-state index is 12.5. The molecule has 11 nitrogen and oxygen atoms in total. The number of piperazine rings is 1. The third kappa shape index (κ3) is 7.82. The number of nitrogen functional groups attached to an aromatic ring is 1. The molecule has 2 fully saturated rings. The van der Waals surface area contributed by atoms with Gasteiger partial charge in [-0.1, -0.05) is 24.6 Å². The Balaban J connectivity index is 1.33. The number of halogens is 4. The Morgan fingerprint density at radius 3 is 2.59 bits per heavy atom. The number of aromatic hydroxyl groups is 1. The number of amides is 1. The molecule has 15 heteroatoms. The van der Waals surface area contributed by atoms with E-state index in [1.54, 1.807) is 0 Å². The zero-order valence-corrected chi connectivity index (χ0v) is 23.5. The predicted octanol–water partition coefficient (Wildman–Crippen LogP) is 2.60. The molecule has 2 aliphatic rings. The highest BCUT2D eigenvalue weighted by molar-refractivity contribution is 6.32. The number of nitrogens with zero attached hydrogens (tertiary/aromatic N) is 5. The van der Waals surface area contributed by atoms with Gasteiger partial charge in [0.15, 0.2) is 22.5 Å². The standard InChI is InChI=1S/C26H35ClF3N7O4/c1-2-17-15-36(24-22(27)33-21(23(31)34-24)25(40)32-7-12-38)10-11-37(17)18-5-8-35(9-6-18)14-16-3-4-19(13-20(16)39)41-26(28,29)30/h3-4,13,17-18,38-39H,2,5-12,14-15H2,1H3,(H2,31,34)(H,32,40)/t17-/m0/s1. The first kappa shape index (κ1) is 30.9. The van der Waals surface area contributed by atoms with Crippen molar-refractivity contribution in [2.45, 2.75) is 51.2 Å². The average molecular weight is 602 g/mol. The van der Waals surface area contributed by atoms with E-state index in [2.05, 4.69) is 36.7 Å². The van der Waals surface area contributed by atoms with Crippen molar-refractivity contribution in [2.75, 3.05) is 56.5 Å². The molecule has 1 amide bonds. The quantitative estimate of drug-likeness (QED) is 0.339. The minimum Gasteiger partial charge on any atom is -0.507 e. The molecule has 0 bridgehead atoms. The third-order valence-electron chi connectivity index (χ3n) is 7.49. The number of anilines is 2. The summed E-state index contributed by atoms with van der Waals surface area (Å²) in [4.78, 5) is 27.5. The number of benzene rings is 1.